The van der Waals surface area contributed by atoms with Crippen LogP contribution in [0.5, 0.6) is 0 Å². The van der Waals surface area contributed by atoms with Crippen molar-refractivity contribution in [2.45, 2.75) is 19.5 Å². The Labute approximate surface area is 168 Å². The number of amides is 1. The standard InChI is InChI=1S/C20H22Cl2FN3O/c1-13-7-17(23)3-4-18(13)26-6-5-24-11-19(26)20(27)25(2)12-14-8-15(21)10-16(22)9-14/h3-4,7-10,19,24H,5-6,11-12H2,1-2H3. The first-order chi connectivity index (χ1) is 12.8. The summed E-state index contributed by atoms with van der Waals surface area (Å²) in [7, 11) is 1.77. The molecule has 1 N–H and O–H groups in total. The Hall–Kier alpha value is -1.82. The van der Waals surface area contributed by atoms with E-state index in [0.717, 1.165) is 23.4 Å². The number of halogens is 3. The van der Waals surface area contributed by atoms with Crippen molar-refractivity contribution in [3.05, 3.63) is 63.4 Å². The van der Waals surface area contributed by atoms with E-state index in [0.29, 0.717) is 29.7 Å². The van der Waals surface area contributed by atoms with Crippen molar-refractivity contribution in [3.63, 3.8) is 0 Å². The molecular weight excluding hydrogens is 388 g/mol. The van der Waals surface area contributed by atoms with E-state index in [2.05, 4.69) is 10.2 Å². The van der Waals surface area contributed by atoms with E-state index in [-0.39, 0.29) is 17.8 Å². The maximum atomic E-state index is 13.5. The van der Waals surface area contributed by atoms with Gasteiger partial charge in [0.15, 0.2) is 0 Å². The summed E-state index contributed by atoms with van der Waals surface area (Å²) in [5.74, 6) is -0.286. The van der Waals surface area contributed by atoms with Gasteiger partial charge in [0.05, 0.1) is 0 Å². The Morgan fingerprint density at radius 1 is 1.26 bits per heavy atom. The zero-order chi connectivity index (χ0) is 19.6. The second-order valence-corrected chi connectivity index (χ2v) is 7.69. The van der Waals surface area contributed by atoms with Crippen molar-refractivity contribution in [2.24, 2.45) is 0 Å². The van der Waals surface area contributed by atoms with E-state index in [1.165, 1.54) is 12.1 Å². The molecule has 0 radical (unpaired) electrons. The largest absolute Gasteiger partial charge is 0.357 e. The monoisotopic (exact) mass is 409 g/mol. The number of hydrogen-bond acceptors (Lipinski definition) is 3. The van der Waals surface area contributed by atoms with Gasteiger partial charge in [-0.2, -0.15) is 0 Å². The van der Waals surface area contributed by atoms with Crippen molar-refractivity contribution in [2.75, 3.05) is 31.6 Å². The van der Waals surface area contributed by atoms with Gasteiger partial charge in [-0.15, -0.1) is 0 Å². The summed E-state index contributed by atoms with van der Waals surface area (Å²) >= 11 is 12.1. The first-order valence-electron chi connectivity index (χ1n) is 8.78. The number of rotatable bonds is 4. The highest BCUT2D eigenvalue weighted by Crippen LogP contribution is 2.25. The third-order valence-corrected chi connectivity index (χ3v) is 5.15. The number of piperazine rings is 1. The first-order valence-corrected chi connectivity index (χ1v) is 9.54. The van der Waals surface area contributed by atoms with Crippen LogP contribution in [0.3, 0.4) is 0 Å². The van der Waals surface area contributed by atoms with Crippen LogP contribution in [0.15, 0.2) is 36.4 Å². The summed E-state index contributed by atoms with van der Waals surface area (Å²) in [5, 5.41) is 4.36. The molecule has 1 aliphatic heterocycles. The molecule has 27 heavy (non-hydrogen) atoms. The van der Waals surface area contributed by atoms with Gasteiger partial charge < -0.3 is 15.1 Å². The second-order valence-electron chi connectivity index (χ2n) is 6.82. The molecule has 0 saturated carbocycles. The van der Waals surface area contributed by atoms with Crippen molar-refractivity contribution in [1.29, 1.82) is 0 Å². The minimum absolute atomic E-state index is 0.0120. The number of aryl methyl sites for hydroxylation is 1. The predicted molar refractivity (Wildman–Crippen MR) is 108 cm³/mol. The fourth-order valence-corrected chi connectivity index (χ4v) is 4.03. The molecule has 2 aromatic rings. The summed E-state index contributed by atoms with van der Waals surface area (Å²) in [6.07, 6.45) is 0. The molecule has 7 heteroatoms. The fourth-order valence-electron chi connectivity index (χ4n) is 3.46. The smallest absolute Gasteiger partial charge is 0.246 e. The summed E-state index contributed by atoms with van der Waals surface area (Å²) in [4.78, 5) is 16.9. The van der Waals surface area contributed by atoms with Crippen molar-refractivity contribution in [3.8, 4) is 0 Å². The van der Waals surface area contributed by atoms with Gasteiger partial charge in [-0.05, 0) is 54.4 Å². The number of benzene rings is 2. The van der Waals surface area contributed by atoms with Crippen LogP contribution in [0.1, 0.15) is 11.1 Å². The van der Waals surface area contributed by atoms with Gasteiger partial charge in [-0.1, -0.05) is 23.2 Å². The Morgan fingerprint density at radius 3 is 2.63 bits per heavy atom. The number of hydrogen-bond donors (Lipinski definition) is 1. The highest BCUT2D eigenvalue weighted by atomic mass is 35.5. The third-order valence-electron chi connectivity index (χ3n) is 4.72. The van der Waals surface area contributed by atoms with Crippen LogP contribution in [-0.2, 0) is 11.3 Å². The van der Waals surface area contributed by atoms with Gasteiger partial charge in [0, 0.05) is 49.0 Å². The quantitative estimate of drug-likeness (QED) is 0.831. The van der Waals surface area contributed by atoms with Gasteiger partial charge in [0.1, 0.15) is 11.9 Å². The Bertz CT molecular complexity index is 826. The molecule has 3 rings (SSSR count). The molecule has 0 bridgehead atoms. The Kier molecular flexibility index (Phi) is 6.25. The van der Waals surface area contributed by atoms with Gasteiger partial charge >= 0.3 is 0 Å². The van der Waals surface area contributed by atoms with E-state index in [9.17, 15) is 9.18 Å². The molecule has 1 heterocycles. The van der Waals surface area contributed by atoms with Crippen LogP contribution in [0.2, 0.25) is 10.0 Å². The van der Waals surface area contributed by atoms with Crippen molar-refractivity contribution < 1.29 is 9.18 Å². The molecule has 1 aliphatic rings. The van der Waals surface area contributed by atoms with E-state index in [1.54, 1.807) is 36.2 Å². The second kappa shape index (κ2) is 8.46. The Morgan fingerprint density at radius 2 is 1.96 bits per heavy atom. The maximum absolute atomic E-state index is 13.5. The molecule has 0 aliphatic carbocycles. The van der Waals surface area contributed by atoms with E-state index < -0.39 is 0 Å². The highest BCUT2D eigenvalue weighted by molar-refractivity contribution is 6.34. The van der Waals surface area contributed by atoms with Crippen LogP contribution in [-0.4, -0.2) is 43.5 Å². The zero-order valence-corrected chi connectivity index (χ0v) is 16.8. The molecule has 4 nitrogen and oxygen atoms in total. The molecule has 0 aromatic heterocycles. The first kappa shape index (κ1) is 19.9. The summed E-state index contributed by atoms with van der Waals surface area (Å²) in [6, 6.07) is 9.59. The maximum Gasteiger partial charge on any atom is 0.246 e. The minimum Gasteiger partial charge on any atom is -0.357 e. The van der Waals surface area contributed by atoms with Crippen LogP contribution >= 0.6 is 23.2 Å². The summed E-state index contributed by atoms with van der Waals surface area (Å²) in [5.41, 5.74) is 2.58. The number of nitrogens with one attached hydrogen (secondary N) is 1. The van der Waals surface area contributed by atoms with Gasteiger partial charge in [0.2, 0.25) is 5.91 Å². The number of carbonyl (C=O) groups excluding carboxylic acids is 1. The van der Waals surface area contributed by atoms with Crippen molar-refractivity contribution in [1.82, 2.24) is 10.2 Å². The average molecular weight is 410 g/mol. The molecule has 144 valence electrons. The summed E-state index contributed by atoms with van der Waals surface area (Å²) < 4.78 is 13.5. The van der Waals surface area contributed by atoms with Crippen LogP contribution < -0.4 is 10.2 Å². The molecular formula is C20H22Cl2FN3O. The van der Waals surface area contributed by atoms with Crippen LogP contribution in [0.25, 0.3) is 0 Å². The number of nitrogens with zero attached hydrogens (tertiary/aromatic N) is 2. The molecule has 1 atom stereocenters. The molecule has 2 aromatic carbocycles. The lowest BCUT2D eigenvalue weighted by Gasteiger charge is -2.39. The normalized spacial score (nSPS) is 17.1. The number of anilines is 1. The minimum atomic E-state index is -0.359. The van der Waals surface area contributed by atoms with Gasteiger partial charge in [0.25, 0.3) is 0 Å². The lowest BCUT2D eigenvalue weighted by atomic mass is 10.1. The van der Waals surface area contributed by atoms with E-state index in [1.807, 2.05) is 6.92 Å². The lowest BCUT2D eigenvalue weighted by molar-refractivity contribution is -0.132. The van der Waals surface area contributed by atoms with Gasteiger partial charge in [-0.25, -0.2) is 4.39 Å². The number of likely N-dealkylation sites (N-methyl/N-ethyl adjacent to an activating group) is 1. The van der Waals surface area contributed by atoms with Crippen LogP contribution in [0, 0.1) is 12.7 Å². The average Bonchev–Trinajstić information content (AvgIpc) is 2.60. The third kappa shape index (κ3) is 4.72. The molecule has 1 fully saturated rings. The van der Waals surface area contributed by atoms with E-state index >= 15 is 0 Å². The summed E-state index contributed by atoms with van der Waals surface area (Å²) in [6.45, 7) is 4.26. The molecule has 1 saturated heterocycles. The van der Waals surface area contributed by atoms with E-state index in [4.69, 9.17) is 23.2 Å². The molecule has 0 spiro atoms. The number of carbonyl (C=O) groups is 1. The topological polar surface area (TPSA) is 35.6 Å². The predicted octanol–water partition coefficient (Wildman–Crippen LogP) is 3.88. The van der Waals surface area contributed by atoms with Crippen molar-refractivity contribution >= 4 is 34.8 Å². The molecule has 1 amide bonds. The zero-order valence-electron chi connectivity index (χ0n) is 15.3. The Balaban J connectivity index is 1.80. The highest BCUT2D eigenvalue weighted by Gasteiger charge is 2.31. The van der Waals surface area contributed by atoms with Crippen LogP contribution in [0.4, 0.5) is 10.1 Å². The van der Waals surface area contributed by atoms with Gasteiger partial charge in [-0.3, -0.25) is 4.79 Å². The lowest BCUT2D eigenvalue weighted by Crippen LogP contribution is -2.58. The molecule has 1 unspecified atom stereocenters. The fraction of sp³-hybridized carbons (Fsp3) is 0.350. The SMILES string of the molecule is Cc1cc(F)ccc1N1CCNCC1C(=O)N(C)Cc1cc(Cl)cc(Cl)c1.